The summed E-state index contributed by atoms with van der Waals surface area (Å²) in [7, 11) is 0. The molecule has 0 amide bonds. The molecule has 1 aliphatic heterocycles. The van der Waals surface area contributed by atoms with Crippen LogP contribution in [-0.4, -0.2) is 48.1 Å². The smallest absolute Gasteiger partial charge is 0.128 e. The van der Waals surface area contributed by atoms with Gasteiger partial charge in [-0.25, -0.2) is 4.98 Å². The van der Waals surface area contributed by atoms with Gasteiger partial charge < -0.3 is 10.2 Å². The van der Waals surface area contributed by atoms with E-state index in [4.69, 9.17) is 4.98 Å². The molecule has 1 saturated heterocycles. The second-order valence-corrected chi connectivity index (χ2v) is 6.92. The quantitative estimate of drug-likeness (QED) is 0.903. The van der Waals surface area contributed by atoms with Crippen molar-refractivity contribution in [3.8, 4) is 0 Å². The Labute approximate surface area is 129 Å². The third-order valence-electron chi connectivity index (χ3n) is 3.83. The summed E-state index contributed by atoms with van der Waals surface area (Å²) in [5.41, 5.74) is 1.25. The fourth-order valence-corrected chi connectivity index (χ4v) is 2.61. The van der Waals surface area contributed by atoms with Gasteiger partial charge in [-0.3, -0.25) is 4.90 Å². The Morgan fingerprint density at radius 3 is 2.48 bits per heavy atom. The second-order valence-electron chi connectivity index (χ2n) is 6.92. The Balaban J connectivity index is 1.92. The molecule has 0 aromatic carbocycles. The Kier molecular flexibility index (Phi) is 5.59. The monoisotopic (exact) mass is 290 g/mol. The van der Waals surface area contributed by atoms with Gasteiger partial charge in [0.2, 0.25) is 0 Å². The molecule has 2 rings (SSSR count). The minimum Gasteiger partial charge on any atom is -0.354 e. The van der Waals surface area contributed by atoms with Gasteiger partial charge in [0.1, 0.15) is 5.82 Å². The predicted octanol–water partition coefficient (Wildman–Crippen LogP) is 2.50. The van der Waals surface area contributed by atoms with Crippen LogP contribution in [0.15, 0.2) is 18.2 Å². The van der Waals surface area contributed by atoms with Crippen molar-refractivity contribution in [2.75, 3.05) is 37.6 Å². The van der Waals surface area contributed by atoms with Gasteiger partial charge in [-0.2, -0.15) is 0 Å². The first kappa shape index (κ1) is 16.2. The molecule has 0 spiro atoms. The van der Waals surface area contributed by atoms with Crippen molar-refractivity contribution < 1.29 is 0 Å². The largest absolute Gasteiger partial charge is 0.354 e. The van der Waals surface area contributed by atoms with Crippen LogP contribution in [0.2, 0.25) is 0 Å². The summed E-state index contributed by atoms with van der Waals surface area (Å²) in [5, 5.41) is 3.50. The van der Waals surface area contributed by atoms with E-state index in [1.165, 1.54) is 13.0 Å². The number of anilines is 1. The Morgan fingerprint density at radius 2 is 1.86 bits per heavy atom. The maximum atomic E-state index is 4.82. The number of hydrogen-bond acceptors (Lipinski definition) is 4. The Hall–Kier alpha value is -1.13. The number of rotatable bonds is 5. The van der Waals surface area contributed by atoms with Crippen LogP contribution in [-0.2, 0) is 6.54 Å². The van der Waals surface area contributed by atoms with Gasteiger partial charge in [-0.15, -0.1) is 0 Å². The summed E-state index contributed by atoms with van der Waals surface area (Å²) in [6, 6.07) is 6.37. The van der Waals surface area contributed by atoms with E-state index >= 15 is 0 Å². The van der Waals surface area contributed by atoms with Gasteiger partial charge in [0.15, 0.2) is 0 Å². The van der Waals surface area contributed by atoms with E-state index in [-0.39, 0.29) is 5.54 Å². The molecular weight excluding hydrogens is 260 g/mol. The van der Waals surface area contributed by atoms with Crippen molar-refractivity contribution in [3.63, 3.8) is 0 Å². The van der Waals surface area contributed by atoms with E-state index < -0.39 is 0 Å². The molecule has 21 heavy (non-hydrogen) atoms. The molecule has 1 aliphatic rings. The van der Waals surface area contributed by atoms with Gasteiger partial charge in [-0.1, -0.05) is 13.0 Å². The first-order chi connectivity index (χ1) is 9.98. The minimum atomic E-state index is 0.128. The lowest BCUT2D eigenvalue weighted by atomic mass is 10.1. The molecule has 0 bridgehead atoms. The highest BCUT2D eigenvalue weighted by Gasteiger charge is 2.17. The molecule has 1 aromatic rings. The molecule has 0 radical (unpaired) electrons. The first-order valence-electron chi connectivity index (χ1n) is 8.16. The molecule has 1 N–H and O–H groups in total. The van der Waals surface area contributed by atoms with E-state index in [1.807, 2.05) is 0 Å². The van der Waals surface area contributed by atoms with Crippen molar-refractivity contribution in [2.45, 2.75) is 46.2 Å². The molecule has 4 heteroatoms. The zero-order chi connectivity index (χ0) is 15.3. The normalized spacial score (nSPS) is 17.2. The molecule has 1 fully saturated rings. The third kappa shape index (κ3) is 5.29. The number of piperazine rings is 1. The zero-order valence-electron chi connectivity index (χ0n) is 14.0. The van der Waals surface area contributed by atoms with Crippen molar-refractivity contribution >= 4 is 5.82 Å². The standard InChI is InChI=1S/C17H30N4/c1-5-9-20-10-12-21(13-11-20)16-8-6-7-15(19-16)14-18-17(2,3)4/h6-8,18H,5,9-14H2,1-4H3. The van der Waals surface area contributed by atoms with Gasteiger partial charge in [-0.05, 0) is 45.9 Å². The summed E-state index contributed by atoms with van der Waals surface area (Å²) in [6.07, 6.45) is 1.24. The van der Waals surface area contributed by atoms with Crippen LogP contribution in [0.25, 0.3) is 0 Å². The van der Waals surface area contributed by atoms with Gasteiger partial charge in [0.25, 0.3) is 0 Å². The van der Waals surface area contributed by atoms with Crippen LogP contribution < -0.4 is 10.2 Å². The van der Waals surface area contributed by atoms with E-state index in [0.29, 0.717) is 0 Å². The number of aromatic nitrogens is 1. The Bertz CT molecular complexity index is 431. The lowest BCUT2D eigenvalue weighted by Crippen LogP contribution is -2.46. The van der Waals surface area contributed by atoms with Crippen molar-refractivity contribution in [1.82, 2.24) is 15.2 Å². The summed E-state index contributed by atoms with van der Waals surface area (Å²) < 4.78 is 0. The van der Waals surface area contributed by atoms with E-state index in [0.717, 1.165) is 44.2 Å². The lowest BCUT2D eigenvalue weighted by molar-refractivity contribution is 0.258. The summed E-state index contributed by atoms with van der Waals surface area (Å²) >= 11 is 0. The highest BCUT2D eigenvalue weighted by molar-refractivity contribution is 5.39. The molecule has 0 unspecified atom stereocenters. The van der Waals surface area contributed by atoms with E-state index in [2.05, 4.69) is 61.0 Å². The molecule has 0 saturated carbocycles. The molecule has 4 nitrogen and oxygen atoms in total. The number of nitrogens with zero attached hydrogens (tertiary/aromatic N) is 3. The highest BCUT2D eigenvalue weighted by atomic mass is 15.3. The number of nitrogens with one attached hydrogen (secondary N) is 1. The molecule has 2 heterocycles. The fraction of sp³-hybridized carbons (Fsp3) is 0.706. The first-order valence-corrected chi connectivity index (χ1v) is 8.16. The summed E-state index contributed by atoms with van der Waals surface area (Å²) in [4.78, 5) is 9.77. The van der Waals surface area contributed by atoms with Crippen molar-refractivity contribution in [2.24, 2.45) is 0 Å². The maximum Gasteiger partial charge on any atom is 0.128 e. The molecule has 0 atom stereocenters. The highest BCUT2D eigenvalue weighted by Crippen LogP contribution is 2.15. The fourth-order valence-electron chi connectivity index (χ4n) is 2.61. The molecular formula is C17H30N4. The third-order valence-corrected chi connectivity index (χ3v) is 3.83. The Morgan fingerprint density at radius 1 is 1.14 bits per heavy atom. The second kappa shape index (κ2) is 7.23. The summed E-state index contributed by atoms with van der Waals surface area (Å²) in [5.74, 6) is 1.12. The maximum absolute atomic E-state index is 4.82. The van der Waals surface area contributed by atoms with Gasteiger partial charge in [0.05, 0.1) is 5.69 Å². The predicted molar refractivity (Wildman–Crippen MR) is 89.8 cm³/mol. The van der Waals surface area contributed by atoms with Crippen LogP contribution in [0.5, 0.6) is 0 Å². The van der Waals surface area contributed by atoms with Crippen LogP contribution in [0.4, 0.5) is 5.82 Å². The van der Waals surface area contributed by atoms with E-state index in [9.17, 15) is 0 Å². The number of pyridine rings is 1. The average Bonchev–Trinajstić information content (AvgIpc) is 2.46. The van der Waals surface area contributed by atoms with Crippen molar-refractivity contribution in [1.29, 1.82) is 0 Å². The number of hydrogen-bond donors (Lipinski definition) is 1. The summed E-state index contributed by atoms with van der Waals surface area (Å²) in [6.45, 7) is 15.3. The van der Waals surface area contributed by atoms with Crippen LogP contribution >= 0.6 is 0 Å². The average molecular weight is 290 g/mol. The molecule has 0 aliphatic carbocycles. The van der Waals surface area contributed by atoms with Crippen LogP contribution in [0, 0.1) is 0 Å². The lowest BCUT2D eigenvalue weighted by Gasteiger charge is -2.35. The van der Waals surface area contributed by atoms with Gasteiger partial charge >= 0.3 is 0 Å². The van der Waals surface area contributed by atoms with Gasteiger partial charge in [0, 0.05) is 38.3 Å². The topological polar surface area (TPSA) is 31.4 Å². The van der Waals surface area contributed by atoms with Crippen LogP contribution in [0.1, 0.15) is 39.8 Å². The van der Waals surface area contributed by atoms with E-state index in [1.54, 1.807) is 0 Å². The SMILES string of the molecule is CCCN1CCN(c2cccc(CNC(C)(C)C)n2)CC1. The van der Waals surface area contributed by atoms with Crippen molar-refractivity contribution in [3.05, 3.63) is 23.9 Å². The van der Waals surface area contributed by atoms with Crippen LogP contribution in [0.3, 0.4) is 0 Å². The molecule has 118 valence electrons. The molecule has 1 aromatic heterocycles. The minimum absolute atomic E-state index is 0.128. The zero-order valence-corrected chi connectivity index (χ0v) is 14.0.